The van der Waals surface area contributed by atoms with Crippen molar-refractivity contribution in [2.45, 2.75) is 26.4 Å². The lowest BCUT2D eigenvalue weighted by Crippen LogP contribution is -2.00. The summed E-state index contributed by atoms with van der Waals surface area (Å²) < 4.78 is 48.9. The van der Waals surface area contributed by atoms with E-state index < -0.39 is 11.6 Å². The van der Waals surface area contributed by atoms with Crippen molar-refractivity contribution < 1.29 is 23.0 Å². The number of nitrogens with zero attached hydrogens (tertiary/aromatic N) is 1. The van der Waals surface area contributed by atoms with E-state index in [0.717, 1.165) is 16.7 Å². The van der Waals surface area contributed by atoms with Crippen LogP contribution in [0.3, 0.4) is 0 Å². The lowest BCUT2D eigenvalue weighted by molar-refractivity contribution is 0.131. The minimum atomic E-state index is -0.935. The van der Waals surface area contributed by atoms with E-state index in [1.165, 1.54) is 30.5 Å². The summed E-state index contributed by atoms with van der Waals surface area (Å²) in [7, 11) is 0. The summed E-state index contributed by atoms with van der Waals surface area (Å²) in [5, 5.41) is 9.28. The Hall–Kier alpha value is -3.64. The van der Waals surface area contributed by atoms with Crippen molar-refractivity contribution in [2.75, 3.05) is 6.61 Å². The lowest BCUT2D eigenvalue weighted by atomic mass is 9.98. The van der Waals surface area contributed by atoms with E-state index in [9.17, 15) is 18.3 Å². The first-order valence-corrected chi connectivity index (χ1v) is 11.0. The molecule has 34 heavy (non-hydrogen) atoms. The molecule has 0 spiro atoms. The molecule has 4 rings (SSSR count). The van der Waals surface area contributed by atoms with Crippen LogP contribution in [0.25, 0.3) is 22.3 Å². The smallest absolute Gasteiger partial charge is 0.210 e. The van der Waals surface area contributed by atoms with Gasteiger partial charge in [0.05, 0.1) is 6.61 Å². The minimum absolute atomic E-state index is 0.0950. The van der Waals surface area contributed by atoms with Crippen LogP contribution in [0.4, 0.5) is 13.2 Å². The average molecular weight is 463 g/mol. The third kappa shape index (κ3) is 5.29. The molecule has 0 saturated carbocycles. The van der Waals surface area contributed by atoms with Crippen molar-refractivity contribution in [2.24, 2.45) is 0 Å². The molecule has 0 aliphatic heterocycles. The molecule has 0 atom stereocenters. The fraction of sp³-hybridized carbons (Fsp3) is 0.179. The molecule has 0 aliphatic rings. The standard InChI is InChI=1S/C28H24F3NO2/c1-2-34-17-23-10-9-21(15-25(23)29)19-6-3-18(4-7-19)5-8-20-11-13-24(28(31)27(20)30)22-12-14-26(33)32-16-22/h3-4,6-7,9-16H,2,5,8,17H2,1H3,(H,32,33). The molecular weight excluding hydrogens is 439 g/mol. The third-order valence-electron chi connectivity index (χ3n) is 5.71. The van der Waals surface area contributed by atoms with Crippen molar-refractivity contribution in [1.82, 2.24) is 4.98 Å². The zero-order chi connectivity index (χ0) is 24.1. The van der Waals surface area contributed by atoms with Crippen LogP contribution in [-0.4, -0.2) is 16.7 Å². The number of hydrogen-bond acceptors (Lipinski definition) is 3. The molecule has 0 aliphatic carbocycles. The maximum absolute atomic E-state index is 14.7. The van der Waals surface area contributed by atoms with Gasteiger partial charge < -0.3 is 9.84 Å². The fourth-order valence-corrected chi connectivity index (χ4v) is 3.75. The molecule has 0 radical (unpaired) electrons. The maximum atomic E-state index is 14.7. The van der Waals surface area contributed by atoms with Crippen LogP contribution >= 0.6 is 0 Å². The highest BCUT2D eigenvalue weighted by Crippen LogP contribution is 2.28. The number of hydrogen-bond donors (Lipinski definition) is 1. The summed E-state index contributed by atoms with van der Waals surface area (Å²) in [4.78, 5) is 3.71. The number of aryl methyl sites for hydroxylation is 2. The topological polar surface area (TPSA) is 42.4 Å². The first kappa shape index (κ1) is 23.5. The summed E-state index contributed by atoms with van der Waals surface area (Å²) in [6.45, 7) is 2.63. The largest absolute Gasteiger partial charge is 0.493 e. The molecule has 0 unspecified atom stereocenters. The molecule has 1 heterocycles. The Morgan fingerprint density at radius 3 is 2.15 bits per heavy atom. The molecule has 4 aromatic rings. The number of halogens is 3. The van der Waals surface area contributed by atoms with Gasteiger partial charge in [-0.05, 0) is 54.2 Å². The van der Waals surface area contributed by atoms with Crippen LogP contribution in [-0.2, 0) is 24.2 Å². The molecule has 6 heteroatoms. The fourth-order valence-electron chi connectivity index (χ4n) is 3.75. The van der Waals surface area contributed by atoms with E-state index in [2.05, 4.69) is 4.98 Å². The van der Waals surface area contributed by atoms with Gasteiger partial charge in [0.2, 0.25) is 5.88 Å². The highest BCUT2D eigenvalue weighted by atomic mass is 19.2. The number of aromatic hydroxyl groups is 1. The number of ether oxygens (including phenoxy) is 1. The predicted molar refractivity (Wildman–Crippen MR) is 126 cm³/mol. The van der Waals surface area contributed by atoms with Gasteiger partial charge in [0.15, 0.2) is 11.6 Å². The molecule has 1 aromatic heterocycles. The number of rotatable bonds is 8. The molecule has 174 valence electrons. The Kier molecular flexibility index (Phi) is 7.28. The molecule has 3 nitrogen and oxygen atoms in total. The molecule has 0 saturated heterocycles. The van der Waals surface area contributed by atoms with E-state index in [4.69, 9.17) is 4.74 Å². The predicted octanol–water partition coefficient (Wildman–Crippen LogP) is 6.86. The monoisotopic (exact) mass is 463 g/mol. The molecule has 0 fully saturated rings. The van der Waals surface area contributed by atoms with Crippen molar-refractivity contribution in [3.05, 3.63) is 107 Å². The van der Waals surface area contributed by atoms with Crippen LogP contribution in [0.1, 0.15) is 23.6 Å². The van der Waals surface area contributed by atoms with Gasteiger partial charge in [0, 0.05) is 35.6 Å². The Morgan fingerprint density at radius 1 is 0.765 bits per heavy atom. The zero-order valence-electron chi connectivity index (χ0n) is 18.7. The van der Waals surface area contributed by atoms with Crippen LogP contribution in [0.15, 0.2) is 72.9 Å². The van der Waals surface area contributed by atoms with Gasteiger partial charge in [-0.1, -0.05) is 48.5 Å². The molecule has 3 aromatic carbocycles. The summed E-state index contributed by atoms with van der Waals surface area (Å²) in [6, 6.07) is 18.6. The highest BCUT2D eigenvalue weighted by Gasteiger charge is 2.15. The van der Waals surface area contributed by atoms with Gasteiger partial charge in [0.1, 0.15) is 5.82 Å². The van der Waals surface area contributed by atoms with Crippen LogP contribution in [0.2, 0.25) is 0 Å². The molecule has 0 bridgehead atoms. The minimum Gasteiger partial charge on any atom is -0.493 e. The number of benzene rings is 3. The third-order valence-corrected chi connectivity index (χ3v) is 5.71. The summed E-state index contributed by atoms with van der Waals surface area (Å²) in [5.41, 5.74) is 3.87. The Bertz CT molecular complexity index is 1270. The van der Waals surface area contributed by atoms with E-state index in [0.29, 0.717) is 30.6 Å². The van der Waals surface area contributed by atoms with Gasteiger partial charge in [-0.25, -0.2) is 18.2 Å². The Morgan fingerprint density at radius 2 is 1.47 bits per heavy atom. The summed E-state index contributed by atoms with van der Waals surface area (Å²) >= 11 is 0. The van der Waals surface area contributed by atoms with E-state index in [1.807, 2.05) is 37.3 Å². The van der Waals surface area contributed by atoms with E-state index >= 15 is 0 Å². The second-order valence-corrected chi connectivity index (χ2v) is 7.95. The second kappa shape index (κ2) is 10.5. The van der Waals surface area contributed by atoms with Gasteiger partial charge in [0.25, 0.3) is 0 Å². The van der Waals surface area contributed by atoms with E-state index in [-0.39, 0.29) is 29.4 Å². The normalized spacial score (nSPS) is 11.1. The lowest BCUT2D eigenvalue weighted by Gasteiger charge is -2.10. The van der Waals surface area contributed by atoms with E-state index in [1.54, 1.807) is 12.1 Å². The zero-order valence-corrected chi connectivity index (χ0v) is 18.7. The second-order valence-electron chi connectivity index (χ2n) is 7.95. The van der Waals surface area contributed by atoms with Crippen LogP contribution in [0, 0.1) is 17.5 Å². The van der Waals surface area contributed by atoms with Crippen LogP contribution in [0.5, 0.6) is 5.88 Å². The summed E-state index contributed by atoms with van der Waals surface area (Å²) in [5.74, 6) is -2.31. The van der Waals surface area contributed by atoms with Crippen molar-refractivity contribution in [3.63, 3.8) is 0 Å². The van der Waals surface area contributed by atoms with Crippen molar-refractivity contribution >= 4 is 0 Å². The summed E-state index contributed by atoms with van der Waals surface area (Å²) in [6.07, 6.45) is 2.15. The maximum Gasteiger partial charge on any atom is 0.210 e. The Labute approximate surface area is 196 Å². The highest BCUT2D eigenvalue weighted by molar-refractivity contribution is 5.65. The van der Waals surface area contributed by atoms with Crippen LogP contribution < -0.4 is 0 Å². The van der Waals surface area contributed by atoms with Crippen molar-refractivity contribution in [1.29, 1.82) is 0 Å². The quantitative estimate of drug-likeness (QED) is 0.310. The SMILES string of the molecule is CCOCc1ccc(-c2ccc(CCc3ccc(-c4ccc(O)nc4)c(F)c3F)cc2)cc1F. The van der Waals surface area contributed by atoms with Gasteiger partial charge in [-0.15, -0.1) is 0 Å². The van der Waals surface area contributed by atoms with Gasteiger partial charge in [-0.3, -0.25) is 0 Å². The Balaban J connectivity index is 1.44. The van der Waals surface area contributed by atoms with Gasteiger partial charge >= 0.3 is 0 Å². The molecule has 1 N–H and O–H groups in total. The average Bonchev–Trinajstić information content (AvgIpc) is 2.85. The first-order chi connectivity index (χ1) is 16.5. The van der Waals surface area contributed by atoms with Crippen molar-refractivity contribution in [3.8, 4) is 28.1 Å². The molecular formula is C28H24F3NO2. The number of pyridine rings is 1. The first-order valence-electron chi connectivity index (χ1n) is 11.0. The molecule has 0 amide bonds. The van der Waals surface area contributed by atoms with Gasteiger partial charge in [-0.2, -0.15) is 0 Å². The number of aromatic nitrogens is 1.